The molecule has 4 nitrogen and oxygen atoms in total. The fourth-order valence-corrected chi connectivity index (χ4v) is 3.22. The van der Waals surface area contributed by atoms with Gasteiger partial charge in [-0.3, -0.25) is 0 Å². The number of rotatable bonds is 4. The summed E-state index contributed by atoms with van der Waals surface area (Å²) in [6, 6.07) is 7.15. The van der Waals surface area contributed by atoms with Crippen molar-refractivity contribution >= 4 is 6.09 Å². The van der Waals surface area contributed by atoms with Crippen LogP contribution in [0.2, 0.25) is 0 Å². The van der Waals surface area contributed by atoms with E-state index in [1.807, 2.05) is 39.8 Å². The lowest BCUT2D eigenvalue weighted by Crippen LogP contribution is -2.46. The number of carbonyl (C=O) groups is 1. The molecule has 2 rings (SSSR count). The Balaban J connectivity index is 1.87. The first kappa shape index (κ1) is 18.7. The molecule has 0 aliphatic heterocycles. The van der Waals surface area contributed by atoms with Crippen LogP contribution >= 0.6 is 0 Å². The van der Waals surface area contributed by atoms with Crippen LogP contribution in [0.5, 0.6) is 0 Å². The topological polar surface area (TPSA) is 50.4 Å². The summed E-state index contributed by atoms with van der Waals surface area (Å²) in [6.45, 7) is 7.54. The normalized spacial score (nSPS) is 22.7. The van der Waals surface area contributed by atoms with Crippen molar-refractivity contribution in [2.24, 2.45) is 0 Å². The van der Waals surface area contributed by atoms with E-state index in [1.54, 1.807) is 6.07 Å². The van der Waals surface area contributed by atoms with Crippen molar-refractivity contribution in [1.29, 1.82) is 0 Å². The monoisotopic (exact) mass is 336 g/mol. The number of halogens is 1. The minimum Gasteiger partial charge on any atom is -0.444 e. The molecular weight excluding hydrogens is 307 g/mol. The first-order valence-electron chi connectivity index (χ1n) is 8.74. The van der Waals surface area contributed by atoms with Gasteiger partial charge in [0, 0.05) is 23.7 Å². The summed E-state index contributed by atoms with van der Waals surface area (Å²) < 4.78 is 19.2. The van der Waals surface area contributed by atoms with Gasteiger partial charge in [0.1, 0.15) is 11.4 Å². The first-order chi connectivity index (χ1) is 11.2. The van der Waals surface area contributed by atoms with Crippen molar-refractivity contribution < 1.29 is 13.9 Å². The zero-order valence-corrected chi connectivity index (χ0v) is 15.1. The number of alkyl carbamates (subject to hydrolysis) is 1. The lowest BCUT2D eigenvalue weighted by atomic mass is 9.90. The van der Waals surface area contributed by atoms with Gasteiger partial charge in [0.15, 0.2) is 0 Å². The minimum absolute atomic E-state index is 0.0588. The average molecular weight is 336 g/mol. The number of nitrogens with one attached hydrogen (secondary N) is 2. The third-order valence-corrected chi connectivity index (χ3v) is 4.25. The van der Waals surface area contributed by atoms with Crippen molar-refractivity contribution in [1.82, 2.24) is 10.6 Å². The maximum atomic E-state index is 13.9. The van der Waals surface area contributed by atoms with E-state index in [0.29, 0.717) is 5.56 Å². The van der Waals surface area contributed by atoms with Crippen LogP contribution < -0.4 is 10.6 Å². The lowest BCUT2D eigenvalue weighted by molar-refractivity contribution is 0.0488. The Bertz CT molecular complexity index is 557. The molecule has 0 bridgehead atoms. The maximum Gasteiger partial charge on any atom is 0.407 e. The number of carbonyl (C=O) groups excluding carboxylic acids is 1. The van der Waals surface area contributed by atoms with Crippen molar-refractivity contribution in [3.05, 3.63) is 35.6 Å². The third kappa shape index (κ3) is 5.78. The minimum atomic E-state index is -0.490. The molecule has 134 valence electrons. The summed E-state index contributed by atoms with van der Waals surface area (Å²) in [5.41, 5.74) is 0.190. The van der Waals surface area contributed by atoms with Gasteiger partial charge in [0.25, 0.3) is 0 Å². The molecule has 1 fully saturated rings. The molecule has 0 spiro atoms. The quantitative estimate of drug-likeness (QED) is 0.861. The van der Waals surface area contributed by atoms with Gasteiger partial charge in [-0.25, -0.2) is 9.18 Å². The molecule has 3 atom stereocenters. The standard InChI is InChI=1S/C19H29FN2O2/c1-13(16-10-5-6-11-17(16)20)21-14-8-7-9-15(12-14)22-18(23)24-19(2,3)4/h5-6,10-11,13-15,21H,7-9,12H2,1-4H3,(H,22,23)/t13-,14?,15?/m1/s1. The second-order valence-corrected chi connectivity index (χ2v) is 7.62. The van der Waals surface area contributed by atoms with Crippen LogP contribution in [0.3, 0.4) is 0 Å². The van der Waals surface area contributed by atoms with Gasteiger partial charge in [-0.2, -0.15) is 0 Å². The zero-order chi connectivity index (χ0) is 17.7. The highest BCUT2D eigenvalue weighted by molar-refractivity contribution is 5.68. The highest BCUT2D eigenvalue weighted by atomic mass is 19.1. The second-order valence-electron chi connectivity index (χ2n) is 7.62. The van der Waals surface area contributed by atoms with Crippen molar-refractivity contribution in [3.63, 3.8) is 0 Å². The van der Waals surface area contributed by atoms with Crippen LogP contribution in [0, 0.1) is 5.82 Å². The van der Waals surface area contributed by atoms with E-state index in [2.05, 4.69) is 10.6 Å². The predicted molar refractivity (Wildman–Crippen MR) is 93.4 cm³/mol. The zero-order valence-electron chi connectivity index (χ0n) is 15.1. The summed E-state index contributed by atoms with van der Waals surface area (Å²) in [6.07, 6.45) is 3.48. The van der Waals surface area contributed by atoms with Crippen LogP contribution in [-0.4, -0.2) is 23.8 Å². The molecule has 5 heteroatoms. The Morgan fingerprint density at radius 3 is 2.58 bits per heavy atom. The largest absolute Gasteiger partial charge is 0.444 e. The summed E-state index contributed by atoms with van der Waals surface area (Å²) in [4.78, 5) is 11.9. The Labute approximate surface area is 144 Å². The van der Waals surface area contributed by atoms with E-state index < -0.39 is 5.60 Å². The Hall–Kier alpha value is -1.62. The Morgan fingerprint density at radius 2 is 1.92 bits per heavy atom. The van der Waals surface area contributed by atoms with Crippen LogP contribution in [0.4, 0.5) is 9.18 Å². The molecule has 0 aromatic heterocycles. The number of hydrogen-bond donors (Lipinski definition) is 2. The lowest BCUT2D eigenvalue weighted by Gasteiger charge is -2.33. The van der Waals surface area contributed by atoms with Gasteiger partial charge in [0.05, 0.1) is 0 Å². The van der Waals surface area contributed by atoms with Gasteiger partial charge in [-0.15, -0.1) is 0 Å². The Kier molecular flexibility index (Phi) is 6.21. The van der Waals surface area contributed by atoms with Crippen molar-refractivity contribution in [2.75, 3.05) is 0 Å². The van der Waals surface area contributed by atoms with Gasteiger partial charge >= 0.3 is 6.09 Å². The number of benzene rings is 1. The van der Waals surface area contributed by atoms with Crippen molar-refractivity contribution in [3.8, 4) is 0 Å². The van der Waals surface area contributed by atoms with Gasteiger partial charge in [0.2, 0.25) is 0 Å². The number of amides is 1. The third-order valence-electron chi connectivity index (χ3n) is 4.25. The SMILES string of the molecule is C[C@@H](NC1CCCC(NC(=O)OC(C)(C)C)C1)c1ccccc1F. The molecule has 1 aromatic rings. The van der Waals surface area contributed by atoms with E-state index in [4.69, 9.17) is 4.74 Å². The van der Waals surface area contributed by atoms with Gasteiger partial charge in [-0.05, 0) is 59.4 Å². The molecule has 0 saturated heterocycles. The van der Waals surface area contributed by atoms with Gasteiger partial charge in [-0.1, -0.05) is 18.2 Å². The molecule has 0 heterocycles. The molecule has 24 heavy (non-hydrogen) atoms. The molecule has 2 unspecified atom stereocenters. The smallest absolute Gasteiger partial charge is 0.407 e. The summed E-state index contributed by atoms with van der Waals surface area (Å²) in [7, 11) is 0. The predicted octanol–water partition coefficient (Wildman–Crippen LogP) is 4.31. The van der Waals surface area contributed by atoms with E-state index in [-0.39, 0.29) is 30.0 Å². The molecule has 1 saturated carbocycles. The fourth-order valence-electron chi connectivity index (χ4n) is 3.22. The molecule has 1 amide bonds. The first-order valence-corrected chi connectivity index (χ1v) is 8.74. The Morgan fingerprint density at radius 1 is 1.25 bits per heavy atom. The van der Waals surface area contributed by atoms with Crippen molar-refractivity contribution in [2.45, 2.75) is 77.1 Å². The molecule has 1 aromatic carbocycles. The summed E-state index contributed by atoms with van der Waals surface area (Å²) >= 11 is 0. The molecular formula is C19H29FN2O2. The van der Waals surface area contributed by atoms with Crippen LogP contribution in [0.1, 0.15) is 65.0 Å². The van der Waals surface area contributed by atoms with Crippen LogP contribution in [-0.2, 0) is 4.74 Å². The second kappa shape index (κ2) is 7.97. The average Bonchev–Trinajstić information content (AvgIpc) is 2.45. The molecule has 1 aliphatic rings. The highest BCUT2D eigenvalue weighted by Crippen LogP contribution is 2.23. The fraction of sp³-hybridized carbons (Fsp3) is 0.632. The van der Waals surface area contributed by atoms with E-state index in [0.717, 1.165) is 25.7 Å². The van der Waals surface area contributed by atoms with E-state index in [9.17, 15) is 9.18 Å². The number of hydrogen-bond acceptors (Lipinski definition) is 3. The molecule has 0 radical (unpaired) electrons. The number of ether oxygens (including phenoxy) is 1. The van der Waals surface area contributed by atoms with Gasteiger partial charge < -0.3 is 15.4 Å². The van der Waals surface area contributed by atoms with Crippen LogP contribution in [0.25, 0.3) is 0 Å². The maximum absolute atomic E-state index is 13.9. The summed E-state index contributed by atoms with van der Waals surface area (Å²) in [5.74, 6) is -0.184. The molecule has 1 aliphatic carbocycles. The summed E-state index contributed by atoms with van der Waals surface area (Å²) in [5, 5.41) is 6.45. The highest BCUT2D eigenvalue weighted by Gasteiger charge is 2.26. The van der Waals surface area contributed by atoms with E-state index >= 15 is 0 Å². The molecule has 2 N–H and O–H groups in total. The van der Waals surface area contributed by atoms with E-state index in [1.165, 1.54) is 6.07 Å². The van der Waals surface area contributed by atoms with Crippen LogP contribution in [0.15, 0.2) is 24.3 Å².